The first-order valence-electron chi connectivity index (χ1n) is 7.99. The van der Waals surface area contributed by atoms with E-state index in [1.54, 1.807) is 0 Å². The Morgan fingerprint density at radius 1 is 1.43 bits per heavy atom. The maximum atomic E-state index is 4.21. The molecule has 1 fully saturated rings. The van der Waals surface area contributed by atoms with E-state index in [-0.39, 0.29) is 5.41 Å². The van der Waals surface area contributed by atoms with E-state index < -0.39 is 0 Å². The third kappa shape index (κ3) is 4.68. The van der Waals surface area contributed by atoms with Gasteiger partial charge in [0.15, 0.2) is 0 Å². The molecule has 1 aromatic rings. The van der Waals surface area contributed by atoms with Crippen LogP contribution in [0.1, 0.15) is 51.8 Å². The van der Waals surface area contributed by atoms with E-state index in [0.717, 1.165) is 13.1 Å². The van der Waals surface area contributed by atoms with Gasteiger partial charge in [0.05, 0.1) is 6.20 Å². The van der Waals surface area contributed by atoms with Gasteiger partial charge in [0, 0.05) is 35.8 Å². The molecule has 0 spiro atoms. The molecule has 0 bridgehead atoms. The van der Waals surface area contributed by atoms with Crippen LogP contribution >= 0.6 is 0 Å². The van der Waals surface area contributed by atoms with Gasteiger partial charge in [-0.3, -0.25) is 10.00 Å². The minimum atomic E-state index is 0.123. The second-order valence-electron chi connectivity index (χ2n) is 7.41. The van der Waals surface area contributed by atoms with E-state index in [9.17, 15) is 0 Å². The maximum absolute atomic E-state index is 4.21. The van der Waals surface area contributed by atoms with Crippen LogP contribution in [0.4, 0.5) is 0 Å². The van der Waals surface area contributed by atoms with Gasteiger partial charge in [-0.1, -0.05) is 32.9 Å². The Labute approximate surface area is 129 Å². The number of aromatic amines is 1. The molecular formula is C17H30N4. The van der Waals surface area contributed by atoms with Gasteiger partial charge in [0.2, 0.25) is 0 Å². The van der Waals surface area contributed by atoms with Crippen LogP contribution in [0.25, 0.3) is 0 Å². The molecule has 1 aliphatic rings. The standard InChI is InChI=1S/C17H30N4/c1-13(2)12-21-8-6-15(7-9-21)18-10-14-11-19-20-16(14)17(3,4)5/h11,15,18H,1,6-10,12H2,2-5H3,(H,19,20). The van der Waals surface area contributed by atoms with Gasteiger partial charge in [0.1, 0.15) is 0 Å². The minimum absolute atomic E-state index is 0.123. The van der Waals surface area contributed by atoms with Crippen molar-refractivity contribution in [2.45, 2.75) is 58.5 Å². The van der Waals surface area contributed by atoms with Gasteiger partial charge < -0.3 is 5.32 Å². The lowest BCUT2D eigenvalue weighted by molar-refractivity contribution is 0.211. The molecule has 0 aliphatic carbocycles. The summed E-state index contributed by atoms with van der Waals surface area (Å²) in [5, 5.41) is 11.1. The lowest BCUT2D eigenvalue weighted by Crippen LogP contribution is -2.42. The zero-order valence-corrected chi connectivity index (χ0v) is 14.0. The largest absolute Gasteiger partial charge is 0.310 e. The summed E-state index contributed by atoms with van der Waals surface area (Å²) >= 11 is 0. The summed E-state index contributed by atoms with van der Waals surface area (Å²) < 4.78 is 0. The summed E-state index contributed by atoms with van der Waals surface area (Å²) in [4.78, 5) is 2.50. The lowest BCUT2D eigenvalue weighted by atomic mass is 9.89. The Balaban J connectivity index is 1.80. The van der Waals surface area contributed by atoms with E-state index in [4.69, 9.17) is 0 Å². The van der Waals surface area contributed by atoms with E-state index in [2.05, 4.69) is 54.7 Å². The van der Waals surface area contributed by atoms with E-state index in [1.807, 2.05) is 6.20 Å². The SMILES string of the molecule is C=C(C)CN1CCC(NCc2cn[nH]c2C(C)(C)C)CC1. The van der Waals surface area contributed by atoms with Crippen LogP contribution in [-0.4, -0.2) is 40.8 Å². The summed E-state index contributed by atoms with van der Waals surface area (Å²) in [6, 6.07) is 0.620. The molecule has 1 saturated heterocycles. The van der Waals surface area contributed by atoms with E-state index >= 15 is 0 Å². The molecule has 0 radical (unpaired) electrons. The zero-order valence-electron chi connectivity index (χ0n) is 14.0. The van der Waals surface area contributed by atoms with Crippen molar-refractivity contribution < 1.29 is 0 Å². The fourth-order valence-electron chi connectivity index (χ4n) is 3.03. The Morgan fingerprint density at radius 2 is 2.10 bits per heavy atom. The summed E-state index contributed by atoms with van der Waals surface area (Å²) in [5.74, 6) is 0. The second-order valence-corrected chi connectivity index (χ2v) is 7.41. The molecule has 2 heterocycles. The van der Waals surface area contributed by atoms with Crippen LogP contribution in [0.15, 0.2) is 18.3 Å². The van der Waals surface area contributed by atoms with Crippen LogP contribution in [0.2, 0.25) is 0 Å². The molecular weight excluding hydrogens is 260 g/mol. The molecule has 1 aromatic heterocycles. The topological polar surface area (TPSA) is 44.0 Å². The molecule has 0 amide bonds. The van der Waals surface area contributed by atoms with Crippen molar-refractivity contribution in [3.63, 3.8) is 0 Å². The number of aromatic nitrogens is 2. The molecule has 0 saturated carbocycles. The number of hydrogen-bond acceptors (Lipinski definition) is 3. The van der Waals surface area contributed by atoms with Gasteiger partial charge >= 0.3 is 0 Å². The number of rotatable bonds is 5. The molecule has 2 N–H and O–H groups in total. The Kier molecular flexibility index (Phi) is 5.22. The highest BCUT2D eigenvalue weighted by atomic mass is 15.1. The van der Waals surface area contributed by atoms with Crippen LogP contribution in [0.3, 0.4) is 0 Å². The van der Waals surface area contributed by atoms with Crippen molar-refractivity contribution in [1.29, 1.82) is 0 Å². The Morgan fingerprint density at radius 3 is 2.67 bits per heavy atom. The average Bonchev–Trinajstić information content (AvgIpc) is 2.85. The van der Waals surface area contributed by atoms with Crippen molar-refractivity contribution in [2.75, 3.05) is 19.6 Å². The van der Waals surface area contributed by atoms with Crippen LogP contribution < -0.4 is 5.32 Å². The molecule has 0 aromatic carbocycles. The second kappa shape index (κ2) is 6.75. The molecule has 0 unspecified atom stereocenters. The number of hydrogen-bond donors (Lipinski definition) is 2. The number of nitrogens with zero attached hydrogens (tertiary/aromatic N) is 2. The quantitative estimate of drug-likeness (QED) is 0.820. The zero-order chi connectivity index (χ0) is 15.5. The van der Waals surface area contributed by atoms with Crippen molar-refractivity contribution in [3.8, 4) is 0 Å². The fraction of sp³-hybridized carbons (Fsp3) is 0.706. The Hall–Kier alpha value is -1.13. The van der Waals surface area contributed by atoms with E-state index in [0.29, 0.717) is 6.04 Å². The van der Waals surface area contributed by atoms with Gasteiger partial charge in [-0.2, -0.15) is 5.10 Å². The normalized spacial score (nSPS) is 18.1. The first kappa shape index (κ1) is 16.2. The number of nitrogens with one attached hydrogen (secondary N) is 2. The predicted molar refractivity (Wildman–Crippen MR) is 88.4 cm³/mol. The van der Waals surface area contributed by atoms with Gasteiger partial charge in [-0.25, -0.2) is 0 Å². The highest BCUT2D eigenvalue weighted by molar-refractivity contribution is 5.23. The van der Waals surface area contributed by atoms with Crippen molar-refractivity contribution >= 4 is 0 Å². The lowest BCUT2D eigenvalue weighted by Gasteiger charge is -2.32. The third-order valence-corrected chi connectivity index (χ3v) is 4.13. The predicted octanol–water partition coefficient (Wildman–Crippen LogP) is 2.84. The van der Waals surface area contributed by atoms with Gasteiger partial charge in [0.25, 0.3) is 0 Å². The van der Waals surface area contributed by atoms with Crippen molar-refractivity contribution in [1.82, 2.24) is 20.4 Å². The third-order valence-electron chi connectivity index (χ3n) is 4.13. The minimum Gasteiger partial charge on any atom is -0.310 e. The monoisotopic (exact) mass is 290 g/mol. The summed E-state index contributed by atoms with van der Waals surface area (Å²) in [6.07, 6.45) is 4.40. The van der Waals surface area contributed by atoms with Crippen LogP contribution in [0.5, 0.6) is 0 Å². The van der Waals surface area contributed by atoms with Crippen molar-refractivity contribution in [2.24, 2.45) is 0 Å². The summed E-state index contributed by atoms with van der Waals surface area (Å²) in [5.41, 5.74) is 3.93. The Bertz CT molecular complexity index is 461. The molecule has 21 heavy (non-hydrogen) atoms. The highest BCUT2D eigenvalue weighted by Gasteiger charge is 2.22. The van der Waals surface area contributed by atoms with Crippen LogP contribution in [0, 0.1) is 0 Å². The fourth-order valence-corrected chi connectivity index (χ4v) is 3.03. The van der Waals surface area contributed by atoms with E-state index in [1.165, 1.54) is 42.8 Å². The smallest absolute Gasteiger partial charge is 0.0535 e. The first-order chi connectivity index (χ1) is 9.86. The van der Waals surface area contributed by atoms with Crippen LogP contribution in [-0.2, 0) is 12.0 Å². The number of piperidine rings is 1. The van der Waals surface area contributed by atoms with Gasteiger partial charge in [-0.15, -0.1) is 0 Å². The molecule has 1 aliphatic heterocycles. The maximum Gasteiger partial charge on any atom is 0.0535 e. The molecule has 4 nitrogen and oxygen atoms in total. The summed E-state index contributed by atoms with van der Waals surface area (Å²) in [7, 11) is 0. The first-order valence-corrected chi connectivity index (χ1v) is 7.99. The van der Waals surface area contributed by atoms with Crippen molar-refractivity contribution in [3.05, 3.63) is 29.6 Å². The summed E-state index contributed by atoms with van der Waals surface area (Å²) in [6.45, 7) is 17.1. The van der Waals surface area contributed by atoms with Gasteiger partial charge in [-0.05, 0) is 32.9 Å². The molecule has 2 rings (SSSR count). The highest BCUT2D eigenvalue weighted by Crippen LogP contribution is 2.23. The molecule has 0 atom stereocenters. The number of H-pyrrole nitrogens is 1. The molecule has 4 heteroatoms. The average molecular weight is 290 g/mol. The number of likely N-dealkylation sites (tertiary alicyclic amines) is 1. The molecule has 118 valence electrons.